The number of carbonyl (C=O) groups is 1. The van der Waals surface area contributed by atoms with E-state index in [0.717, 1.165) is 24.3 Å². The Kier molecular flexibility index (Phi) is 5.50. The Balaban J connectivity index is 1.75. The van der Waals surface area contributed by atoms with Gasteiger partial charge < -0.3 is 21.5 Å². The molecule has 1 aliphatic rings. The third-order valence-corrected chi connectivity index (χ3v) is 4.51. The van der Waals surface area contributed by atoms with Crippen LogP contribution in [-0.2, 0) is 6.61 Å². The van der Waals surface area contributed by atoms with Gasteiger partial charge in [0.25, 0.3) is 5.91 Å². The van der Waals surface area contributed by atoms with Crippen molar-refractivity contribution in [1.82, 2.24) is 4.98 Å². The van der Waals surface area contributed by atoms with Crippen molar-refractivity contribution in [3.8, 4) is 5.75 Å². The van der Waals surface area contributed by atoms with Gasteiger partial charge in [-0.1, -0.05) is 31.0 Å². The molecule has 1 aromatic carbocycles. The number of nitrogens with one attached hydrogen (secondary N) is 1. The summed E-state index contributed by atoms with van der Waals surface area (Å²) < 4.78 is 5.75. The Morgan fingerprint density at radius 1 is 1.24 bits per heavy atom. The van der Waals surface area contributed by atoms with Gasteiger partial charge in [0.2, 0.25) is 0 Å². The molecule has 0 unspecified atom stereocenters. The van der Waals surface area contributed by atoms with Crippen LogP contribution in [0.2, 0.25) is 0 Å². The van der Waals surface area contributed by atoms with Gasteiger partial charge in [-0.2, -0.15) is 0 Å². The predicted octanol–water partition coefficient (Wildman–Crippen LogP) is 2.44. The Labute approximate surface area is 147 Å². The van der Waals surface area contributed by atoms with Crippen molar-refractivity contribution in [3.05, 3.63) is 53.9 Å². The number of carbonyl (C=O) groups excluding carboxylic acids is 1. The number of anilines is 1. The van der Waals surface area contributed by atoms with Gasteiger partial charge in [-0.05, 0) is 31.0 Å². The number of aromatic nitrogens is 1. The first-order chi connectivity index (χ1) is 12.1. The van der Waals surface area contributed by atoms with Crippen LogP contribution in [0.3, 0.4) is 0 Å². The molecule has 132 valence electrons. The van der Waals surface area contributed by atoms with Crippen molar-refractivity contribution in [2.45, 2.75) is 44.4 Å². The van der Waals surface area contributed by atoms with E-state index in [1.807, 2.05) is 36.4 Å². The Morgan fingerprint density at radius 2 is 2.00 bits per heavy atom. The van der Waals surface area contributed by atoms with Crippen LogP contribution in [0, 0.1) is 0 Å². The summed E-state index contributed by atoms with van der Waals surface area (Å²) in [5, 5.41) is 3.44. The summed E-state index contributed by atoms with van der Waals surface area (Å²) in [5.74, 6) is 0.165. The van der Waals surface area contributed by atoms with E-state index in [4.69, 9.17) is 16.2 Å². The molecule has 1 amide bonds. The summed E-state index contributed by atoms with van der Waals surface area (Å²) in [6.07, 6.45) is 6.03. The molecule has 1 heterocycles. The topological polar surface area (TPSA) is 103 Å². The van der Waals surface area contributed by atoms with E-state index < -0.39 is 5.91 Å². The number of nitrogens with two attached hydrogens (primary N) is 2. The van der Waals surface area contributed by atoms with Gasteiger partial charge in [-0.25, -0.2) is 4.98 Å². The van der Waals surface area contributed by atoms with E-state index >= 15 is 0 Å². The quantitative estimate of drug-likeness (QED) is 0.749. The predicted molar refractivity (Wildman–Crippen MR) is 97.4 cm³/mol. The highest BCUT2D eigenvalue weighted by atomic mass is 16.5. The van der Waals surface area contributed by atoms with E-state index in [1.165, 1.54) is 12.8 Å². The highest BCUT2D eigenvalue weighted by molar-refractivity contribution is 5.92. The second kappa shape index (κ2) is 7.98. The summed E-state index contributed by atoms with van der Waals surface area (Å²) >= 11 is 0. The van der Waals surface area contributed by atoms with Crippen LogP contribution in [0.5, 0.6) is 5.75 Å². The van der Waals surface area contributed by atoms with E-state index in [-0.39, 0.29) is 24.4 Å². The maximum Gasteiger partial charge on any atom is 0.267 e. The lowest BCUT2D eigenvalue weighted by Crippen LogP contribution is -2.42. The van der Waals surface area contributed by atoms with Crippen molar-refractivity contribution in [2.75, 3.05) is 5.32 Å². The van der Waals surface area contributed by atoms with Crippen molar-refractivity contribution in [1.29, 1.82) is 0 Å². The second-order valence-electron chi connectivity index (χ2n) is 6.40. The maximum atomic E-state index is 11.7. The number of pyridine rings is 1. The van der Waals surface area contributed by atoms with E-state index in [9.17, 15) is 4.79 Å². The van der Waals surface area contributed by atoms with Crippen LogP contribution in [0.15, 0.2) is 42.6 Å². The number of ether oxygens (including phenoxy) is 1. The number of para-hydroxylation sites is 1. The van der Waals surface area contributed by atoms with E-state index in [1.54, 1.807) is 6.20 Å². The fraction of sp³-hybridized carbons (Fsp3) is 0.368. The number of nitrogens with zero attached hydrogens (tertiary/aromatic N) is 1. The first-order valence-corrected chi connectivity index (χ1v) is 8.62. The van der Waals surface area contributed by atoms with Crippen molar-refractivity contribution in [2.24, 2.45) is 11.5 Å². The minimum Gasteiger partial charge on any atom is -0.489 e. The van der Waals surface area contributed by atoms with Gasteiger partial charge in [0.1, 0.15) is 18.1 Å². The van der Waals surface area contributed by atoms with Crippen molar-refractivity contribution >= 4 is 11.6 Å². The summed E-state index contributed by atoms with van der Waals surface area (Å²) in [4.78, 5) is 15.9. The van der Waals surface area contributed by atoms with Gasteiger partial charge in [-0.3, -0.25) is 4.79 Å². The molecule has 0 saturated heterocycles. The van der Waals surface area contributed by atoms with Crippen LogP contribution in [-0.4, -0.2) is 23.0 Å². The molecule has 1 aromatic heterocycles. The molecule has 2 aromatic rings. The maximum absolute atomic E-state index is 11.7. The third-order valence-electron chi connectivity index (χ3n) is 4.51. The van der Waals surface area contributed by atoms with Gasteiger partial charge in [-0.15, -0.1) is 0 Å². The molecular formula is C19H24N4O2. The zero-order valence-corrected chi connectivity index (χ0v) is 14.2. The van der Waals surface area contributed by atoms with Crippen LogP contribution in [0.4, 0.5) is 5.69 Å². The fourth-order valence-corrected chi connectivity index (χ4v) is 3.15. The van der Waals surface area contributed by atoms with Gasteiger partial charge in [0.05, 0.1) is 11.9 Å². The minimum atomic E-state index is -0.562. The Morgan fingerprint density at radius 3 is 2.72 bits per heavy atom. The van der Waals surface area contributed by atoms with Crippen LogP contribution in [0.1, 0.15) is 41.7 Å². The van der Waals surface area contributed by atoms with Crippen LogP contribution < -0.4 is 21.5 Å². The molecule has 1 saturated carbocycles. The number of primary amides is 1. The zero-order valence-electron chi connectivity index (χ0n) is 14.2. The SMILES string of the molecule is NC(=O)c1ncc(N[C@@H]2CCCC[C@@H]2N)cc1COc1ccccc1. The highest BCUT2D eigenvalue weighted by Gasteiger charge is 2.22. The normalized spacial score (nSPS) is 20.0. The molecule has 1 fully saturated rings. The first-order valence-electron chi connectivity index (χ1n) is 8.62. The number of hydrogen-bond donors (Lipinski definition) is 3. The number of amides is 1. The highest BCUT2D eigenvalue weighted by Crippen LogP contribution is 2.23. The molecule has 0 spiro atoms. The molecular weight excluding hydrogens is 316 g/mol. The smallest absolute Gasteiger partial charge is 0.267 e. The van der Waals surface area contributed by atoms with E-state index in [2.05, 4.69) is 10.3 Å². The van der Waals surface area contributed by atoms with Crippen molar-refractivity contribution in [3.63, 3.8) is 0 Å². The summed E-state index contributed by atoms with van der Waals surface area (Å²) in [7, 11) is 0. The minimum absolute atomic E-state index is 0.133. The fourth-order valence-electron chi connectivity index (χ4n) is 3.15. The Hall–Kier alpha value is -2.60. The summed E-state index contributed by atoms with van der Waals surface area (Å²) in [6.45, 7) is 0.224. The van der Waals surface area contributed by atoms with E-state index in [0.29, 0.717) is 5.56 Å². The molecule has 0 radical (unpaired) electrons. The number of hydrogen-bond acceptors (Lipinski definition) is 5. The van der Waals surface area contributed by atoms with Crippen molar-refractivity contribution < 1.29 is 9.53 Å². The standard InChI is InChI=1S/C19H24N4O2/c20-16-8-4-5-9-17(16)23-14-10-13(18(19(21)24)22-11-14)12-25-15-6-2-1-3-7-15/h1-3,6-7,10-11,16-17,23H,4-5,8-9,12,20H2,(H2,21,24)/t16-,17+/m0/s1. The average Bonchev–Trinajstić information content (AvgIpc) is 2.63. The van der Waals surface area contributed by atoms with Crippen LogP contribution in [0.25, 0.3) is 0 Å². The Bertz CT molecular complexity index is 721. The second-order valence-corrected chi connectivity index (χ2v) is 6.40. The molecule has 5 N–H and O–H groups in total. The molecule has 6 nitrogen and oxygen atoms in total. The molecule has 0 bridgehead atoms. The van der Waals surface area contributed by atoms with Gasteiger partial charge >= 0.3 is 0 Å². The molecule has 0 aliphatic heterocycles. The zero-order chi connectivity index (χ0) is 17.6. The monoisotopic (exact) mass is 340 g/mol. The first kappa shape index (κ1) is 17.2. The largest absolute Gasteiger partial charge is 0.489 e. The summed E-state index contributed by atoms with van der Waals surface area (Å²) in [6, 6.07) is 11.7. The molecule has 2 atom stereocenters. The van der Waals surface area contributed by atoms with Gasteiger partial charge in [0.15, 0.2) is 0 Å². The number of rotatable bonds is 6. The molecule has 3 rings (SSSR count). The molecule has 6 heteroatoms. The lowest BCUT2D eigenvalue weighted by atomic mass is 9.91. The van der Waals surface area contributed by atoms with Crippen LogP contribution >= 0.6 is 0 Å². The average molecular weight is 340 g/mol. The number of benzene rings is 1. The lowest BCUT2D eigenvalue weighted by molar-refractivity contribution is 0.0993. The lowest BCUT2D eigenvalue weighted by Gasteiger charge is -2.30. The molecule has 1 aliphatic carbocycles. The molecule has 25 heavy (non-hydrogen) atoms. The van der Waals surface area contributed by atoms with Gasteiger partial charge in [0, 0.05) is 17.6 Å². The third kappa shape index (κ3) is 4.48. The summed E-state index contributed by atoms with van der Waals surface area (Å²) in [5.41, 5.74) is 13.4.